The second-order valence-electron chi connectivity index (χ2n) is 5.63. The van der Waals surface area contributed by atoms with Crippen molar-refractivity contribution in [3.8, 4) is 5.75 Å². The van der Waals surface area contributed by atoms with E-state index in [2.05, 4.69) is 10.2 Å². The van der Waals surface area contributed by atoms with E-state index in [0.717, 1.165) is 11.3 Å². The summed E-state index contributed by atoms with van der Waals surface area (Å²) >= 11 is 1.54. The number of nitrogens with zero attached hydrogens (tertiary/aromatic N) is 2. The molecule has 23 heavy (non-hydrogen) atoms. The number of methoxy groups -OCH3 is 1. The maximum Gasteiger partial charge on any atom is 0.239 e. The van der Waals surface area contributed by atoms with Crippen molar-refractivity contribution in [2.75, 3.05) is 45.9 Å². The van der Waals surface area contributed by atoms with Crippen LogP contribution in [0.1, 0.15) is 11.6 Å². The number of thioether (sulfide) groups is 1. The van der Waals surface area contributed by atoms with Crippen LogP contribution in [0.25, 0.3) is 0 Å². The molecule has 1 unspecified atom stereocenters. The molecule has 0 aromatic heterocycles. The third-order valence-corrected chi connectivity index (χ3v) is 4.72. The minimum Gasteiger partial charge on any atom is -0.497 e. The van der Waals surface area contributed by atoms with E-state index >= 15 is 0 Å². The Morgan fingerprint density at radius 2 is 2.09 bits per heavy atom. The van der Waals surface area contributed by atoms with Gasteiger partial charge in [0.25, 0.3) is 0 Å². The van der Waals surface area contributed by atoms with Crippen LogP contribution < -0.4 is 10.1 Å². The molecule has 0 bridgehead atoms. The molecule has 1 aliphatic heterocycles. The van der Waals surface area contributed by atoms with E-state index in [1.54, 1.807) is 12.0 Å². The quantitative estimate of drug-likeness (QED) is 0.803. The van der Waals surface area contributed by atoms with Crippen molar-refractivity contribution < 1.29 is 14.3 Å². The Hall–Kier alpha value is -1.73. The summed E-state index contributed by atoms with van der Waals surface area (Å²) in [5.41, 5.74) is 1.10. The molecule has 126 valence electrons. The van der Waals surface area contributed by atoms with Gasteiger partial charge < -0.3 is 19.9 Å². The summed E-state index contributed by atoms with van der Waals surface area (Å²) in [6, 6.07) is 7.88. The van der Waals surface area contributed by atoms with Crippen molar-refractivity contribution >= 4 is 23.6 Å². The highest BCUT2D eigenvalue weighted by Crippen LogP contribution is 2.20. The van der Waals surface area contributed by atoms with Gasteiger partial charge in [-0.3, -0.25) is 9.59 Å². The number of amides is 2. The number of nitrogens with one attached hydrogen (secondary N) is 1. The predicted molar refractivity (Wildman–Crippen MR) is 91.5 cm³/mol. The SMILES string of the molecule is COc1ccc(C(CNC(=O)CN2CSCC2=O)N(C)C)cc1. The Morgan fingerprint density at radius 3 is 2.61 bits per heavy atom. The first kappa shape index (κ1) is 17.6. The van der Waals surface area contributed by atoms with E-state index in [1.165, 1.54) is 11.8 Å². The monoisotopic (exact) mass is 337 g/mol. The van der Waals surface area contributed by atoms with Crippen molar-refractivity contribution in [1.29, 1.82) is 0 Å². The van der Waals surface area contributed by atoms with Gasteiger partial charge in [0.15, 0.2) is 0 Å². The van der Waals surface area contributed by atoms with Gasteiger partial charge in [-0.1, -0.05) is 12.1 Å². The first-order valence-corrected chi connectivity index (χ1v) is 8.59. The van der Waals surface area contributed by atoms with Crippen molar-refractivity contribution in [2.24, 2.45) is 0 Å². The van der Waals surface area contributed by atoms with E-state index in [4.69, 9.17) is 4.74 Å². The van der Waals surface area contributed by atoms with Crippen LogP contribution >= 0.6 is 11.8 Å². The van der Waals surface area contributed by atoms with Gasteiger partial charge in [-0.15, -0.1) is 11.8 Å². The van der Waals surface area contributed by atoms with Gasteiger partial charge in [0.05, 0.1) is 24.8 Å². The van der Waals surface area contributed by atoms with Crippen LogP contribution in [0.3, 0.4) is 0 Å². The van der Waals surface area contributed by atoms with E-state index in [9.17, 15) is 9.59 Å². The first-order chi connectivity index (χ1) is 11.0. The average Bonchev–Trinajstić information content (AvgIpc) is 2.93. The molecule has 6 nitrogen and oxygen atoms in total. The summed E-state index contributed by atoms with van der Waals surface area (Å²) in [4.78, 5) is 27.2. The lowest BCUT2D eigenvalue weighted by molar-refractivity contribution is -0.132. The number of ether oxygens (including phenoxy) is 1. The largest absolute Gasteiger partial charge is 0.497 e. The van der Waals surface area contributed by atoms with Crippen LogP contribution in [0.2, 0.25) is 0 Å². The summed E-state index contributed by atoms with van der Waals surface area (Å²) in [6.45, 7) is 0.627. The van der Waals surface area contributed by atoms with E-state index in [1.807, 2.05) is 38.4 Å². The fourth-order valence-electron chi connectivity index (χ4n) is 2.40. The second-order valence-corrected chi connectivity index (χ2v) is 6.58. The minimum absolute atomic E-state index is 0.0319. The summed E-state index contributed by atoms with van der Waals surface area (Å²) in [5, 5.41) is 2.92. The number of hydrogen-bond donors (Lipinski definition) is 1. The molecule has 1 heterocycles. The Balaban J connectivity index is 1.91. The Kier molecular flexibility index (Phi) is 6.29. The molecule has 0 saturated carbocycles. The number of benzene rings is 1. The van der Waals surface area contributed by atoms with Crippen LogP contribution in [0.5, 0.6) is 5.75 Å². The zero-order valence-corrected chi connectivity index (χ0v) is 14.6. The molecule has 2 rings (SSSR count). The average molecular weight is 337 g/mol. The standard InChI is InChI=1S/C16H23N3O3S/c1-18(2)14(12-4-6-13(22-3)7-5-12)8-17-15(20)9-19-11-23-10-16(19)21/h4-7,14H,8-11H2,1-3H3,(H,17,20). The van der Waals surface area contributed by atoms with Gasteiger partial charge in [-0.25, -0.2) is 0 Å². The van der Waals surface area contributed by atoms with Gasteiger partial charge in [0.2, 0.25) is 11.8 Å². The van der Waals surface area contributed by atoms with Crippen LogP contribution in [0, 0.1) is 0 Å². The molecule has 1 aliphatic rings. The summed E-state index contributed by atoms with van der Waals surface area (Å²) in [6.07, 6.45) is 0. The van der Waals surface area contributed by atoms with Crippen molar-refractivity contribution in [3.63, 3.8) is 0 Å². The Morgan fingerprint density at radius 1 is 1.39 bits per heavy atom. The molecule has 1 fully saturated rings. The van der Waals surface area contributed by atoms with Gasteiger partial charge in [0.1, 0.15) is 12.3 Å². The van der Waals surface area contributed by atoms with Gasteiger partial charge in [-0.05, 0) is 31.8 Å². The molecule has 1 N–H and O–H groups in total. The predicted octanol–water partition coefficient (Wildman–Crippen LogP) is 0.947. The van der Waals surface area contributed by atoms with Gasteiger partial charge in [-0.2, -0.15) is 0 Å². The maximum absolute atomic E-state index is 12.1. The lowest BCUT2D eigenvalue weighted by Gasteiger charge is -2.25. The normalized spacial score (nSPS) is 15.8. The van der Waals surface area contributed by atoms with Crippen LogP contribution in [0.4, 0.5) is 0 Å². The third-order valence-electron chi connectivity index (χ3n) is 3.78. The molecule has 2 amide bonds. The van der Waals surface area contributed by atoms with E-state index < -0.39 is 0 Å². The van der Waals surface area contributed by atoms with E-state index in [0.29, 0.717) is 18.2 Å². The number of carbonyl (C=O) groups is 2. The molecular weight excluding hydrogens is 314 g/mol. The Labute approximate surface area is 141 Å². The summed E-state index contributed by atoms with van der Waals surface area (Å²) < 4.78 is 5.17. The number of likely N-dealkylation sites (N-methyl/N-ethyl adjacent to an activating group) is 1. The molecule has 7 heteroatoms. The lowest BCUT2D eigenvalue weighted by Crippen LogP contribution is -2.41. The highest BCUT2D eigenvalue weighted by molar-refractivity contribution is 8.00. The molecule has 0 aliphatic carbocycles. The fourth-order valence-corrected chi connectivity index (χ4v) is 3.31. The zero-order valence-electron chi connectivity index (χ0n) is 13.7. The molecule has 1 aromatic rings. The van der Waals surface area contributed by atoms with Crippen LogP contribution in [-0.2, 0) is 9.59 Å². The number of carbonyl (C=O) groups excluding carboxylic acids is 2. The molecule has 1 atom stereocenters. The van der Waals surface area contributed by atoms with Crippen LogP contribution in [0.15, 0.2) is 24.3 Å². The van der Waals surface area contributed by atoms with Crippen molar-refractivity contribution in [1.82, 2.24) is 15.1 Å². The second kappa shape index (κ2) is 8.21. The molecule has 0 radical (unpaired) electrons. The van der Waals surface area contributed by atoms with Crippen LogP contribution in [-0.4, -0.2) is 67.5 Å². The highest BCUT2D eigenvalue weighted by Gasteiger charge is 2.23. The van der Waals surface area contributed by atoms with Crippen molar-refractivity contribution in [2.45, 2.75) is 6.04 Å². The van der Waals surface area contributed by atoms with Gasteiger partial charge in [0, 0.05) is 6.54 Å². The number of rotatable bonds is 7. The lowest BCUT2D eigenvalue weighted by atomic mass is 10.1. The smallest absolute Gasteiger partial charge is 0.239 e. The molecule has 1 saturated heterocycles. The zero-order chi connectivity index (χ0) is 16.8. The maximum atomic E-state index is 12.1. The molecular formula is C16H23N3O3S. The van der Waals surface area contributed by atoms with Gasteiger partial charge >= 0.3 is 0 Å². The molecule has 0 spiro atoms. The van der Waals surface area contributed by atoms with Crippen molar-refractivity contribution in [3.05, 3.63) is 29.8 Å². The third kappa shape index (κ3) is 4.87. The highest BCUT2D eigenvalue weighted by atomic mass is 32.2. The van der Waals surface area contributed by atoms with E-state index in [-0.39, 0.29) is 24.4 Å². The topological polar surface area (TPSA) is 61.9 Å². The summed E-state index contributed by atoms with van der Waals surface area (Å²) in [5.74, 6) is 1.78. The summed E-state index contributed by atoms with van der Waals surface area (Å²) in [7, 11) is 5.58. The first-order valence-electron chi connectivity index (χ1n) is 7.44. The molecule has 1 aromatic carbocycles. The Bertz CT molecular complexity index is 548. The minimum atomic E-state index is -0.124. The fraction of sp³-hybridized carbons (Fsp3) is 0.500. The number of hydrogen-bond acceptors (Lipinski definition) is 5.